The zero-order chi connectivity index (χ0) is 27.2. The predicted molar refractivity (Wildman–Crippen MR) is 150 cm³/mol. The van der Waals surface area contributed by atoms with Crippen LogP contribution < -0.4 is 15.0 Å². The molecule has 0 spiro atoms. The number of aryl methyl sites for hydroxylation is 1. The Morgan fingerprint density at radius 1 is 1.13 bits per heavy atom. The molecule has 0 saturated heterocycles. The van der Waals surface area contributed by atoms with Crippen LogP contribution in [0.1, 0.15) is 54.1 Å². The lowest BCUT2D eigenvalue weighted by molar-refractivity contribution is -0.127. The maximum atomic E-state index is 14.1. The number of tetrazole rings is 1. The fraction of sp³-hybridized carbons (Fsp3) is 0.345. The number of nitrogens with one attached hydrogen (secondary N) is 1. The van der Waals surface area contributed by atoms with Gasteiger partial charge >= 0.3 is 0 Å². The first-order valence-corrected chi connectivity index (χ1v) is 14.0. The van der Waals surface area contributed by atoms with Gasteiger partial charge in [0.1, 0.15) is 18.1 Å². The molecular weight excluding hydrogens is 512 g/mol. The summed E-state index contributed by atoms with van der Waals surface area (Å²) >= 11 is 1.52. The van der Waals surface area contributed by atoms with Gasteiger partial charge in [0.05, 0.1) is 19.2 Å². The van der Waals surface area contributed by atoms with E-state index in [1.807, 2.05) is 66.9 Å². The number of ether oxygens (including phenoxy) is 1. The largest absolute Gasteiger partial charge is 0.497 e. The van der Waals surface area contributed by atoms with E-state index in [0.29, 0.717) is 17.0 Å². The molecule has 10 heteroatoms. The molecule has 1 N–H and O–H groups in total. The summed E-state index contributed by atoms with van der Waals surface area (Å²) in [6, 6.07) is 16.1. The molecule has 0 aliphatic heterocycles. The second-order valence-electron chi connectivity index (χ2n) is 9.77. The minimum atomic E-state index is -0.882. The Bertz CT molecular complexity index is 1400. The Hall–Kier alpha value is -4.05. The van der Waals surface area contributed by atoms with Gasteiger partial charge in [0.25, 0.3) is 0 Å². The molecule has 1 aliphatic rings. The van der Waals surface area contributed by atoms with Crippen molar-refractivity contribution in [2.75, 3.05) is 12.0 Å². The van der Waals surface area contributed by atoms with Crippen molar-refractivity contribution in [2.45, 2.75) is 57.5 Å². The van der Waals surface area contributed by atoms with E-state index >= 15 is 0 Å². The number of hydrogen-bond acceptors (Lipinski definition) is 7. The van der Waals surface area contributed by atoms with Crippen LogP contribution in [-0.2, 0) is 16.0 Å². The van der Waals surface area contributed by atoms with Gasteiger partial charge in [0.2, 0.25) is 11.8 Å². The van der Waals surface area contributed by atoms with Gasteiger partial charge in [-0.05, 0) is 83.1 Å². The van der Waals surface area contributed by atoms with E-state index in [1.165, 1.54) is 24.1 Å². The van der Waals surface area contributed by atoms with Crippen molar-refractivity contribution in [3.05, 3.63) is 82.3 Å². The van der Waals surface area contributed by atoms with E-state index in [9.17, 15) is 9.59 Å². The number of benzene rings is 2. The predicted octanol–water partition coefficient (Wildman–Crippen LogP) is 4.81. The summed E-state index contributed by atoms with van der Waals surface area (Å²) in [4.78, 5) is 30.7. The fourth-order valence-electron chi connectivity index (χ4n) is 5.16. The van der Waals surface area contributed by atoms with E-state index in [0.717, 1.165) is 41.8 Å². The maximum Gasteiger partial charge on any atom is 0.248 e. The van der Waals surface area contributed by atoms with Crippen molar-refractivity contribution in [3.63, 3.8) is 0 Å². The highest BCUT2D eigenvalue weighted by Gasteiger charge is 2.34. The highest BCUT2D eigenvalue weighted by atomic mass is 32.1. The molecular formula is C29H32N6O3S. The lowest BCUT2D eigenvalue weighted by atomic mass is 9.94. The van der Waals surface area contributed by atoms with Gasteiger partial charge in [-0.1, -0.05) is 37.5 Å². The number of anilines is 1. The summed E-state index contributed by atoms with van der Waals surface area (Å²) in [6.07, 6.45) is 6.96. The molecule has 0 bridgehead atoms. The van der Waals surface area contributed by atoms with E-state index < -0.39 is 6.04 Å². The molecule has 9 nitrogen and oxygen atoms in total. The Morgan fingerprint density at radius 2 is 1.97 bits per heavy atom. The topological polar surface area (TPSA) is 102 Å². The SMILES string of the molecule is COc1cccc([C@H](C(=O)NC2CCCCC2)N(C(=O)Cc2cccs2)c2ccc(-n3cnnn3)c(C)c2)c1. The first kappa shape index (κ1) is 26.6. The minimum Gasteiger partial charge on any atom is -0.497 e. The third-order valence-corrected chi connectivity index (χ3v) is 7.97. The number of amides is 2. The van der Waals surface area contributed by atoms with Crippen molar-refractivity contribution >= 4 is 28.8 Å². The van der Waals surface area contributed by atoms with Gasteiger partial charge in [0, 0.05) is 16.6 Å². The first-order valence-electron chi connectivity index (χ1n) is 13.2. The van der Waals surface area contributed by atoms with Crippen LogP contribution in [0.15, 0.2) is 66.3 Å². The number of carbonyl (C=O) groups is 2. The minimum absolute atomic E-state index is 0.0949. The lowest BCUT2D eigenvalue weighted by Gasteiger charge is -2.34. The quantitative estimate of drug-likeness (QED) is 0.325. The molecule has 0 unspecified atom stereocenters. The average molecular weight is 545 g/mol. The van der Waals surface area contributed by atoms with Crippen LogP contribution in [0.5, 0.6) is 5.75 Å². The molecule has 2 aromatic carbocycles. The summed E-state index contributed by atoms with van der Waals surface area (Å²) in [7, 11) is 1.59. The summed E-state index contributed by atoms with van der Waals surface area (Å²) in [5.74, 6) is 0.259. The van der Waals surface area contributed by atoms with Crippen LogP contribution in [0.4, 0.5) is 5.69 Å². The molecule has 2 heterocycles. The normalized spacial score (nSPS) is 14.5. The van der Waals surface area contributed by atoms with Crippen molar-refractivity contribution < 1.29 is 14.3 Å². The first-order chi connectivity index (χ1) is 19.0. The number of carbonyl (C=O) groups excluding carboxylic acids is 2. The van der Waals surface area contributed by atoms with Gasteiger partial charge in [-0.25, -0.2) is 4.68 Å². The zero-order valence-electron chi connectivity index (χ0n) is 22.1. The third-order valence-electron chi connectivity index (χ3n) is 7.10. The Labute approximate surface area is 231 Å². The molecule has 1 fully saturated rings. The number of aromatic nitrogens is 4. The molecule has 5 rings (SSSR count). The fourth-order valence-corrected chi connectivity index (χ4v) is 5.85. The molecule has 1 atom stereocenters. The van der Waals surface area contributed by atoms with Crippen LogP contribution in [0.25, 0.3) is 5.69 Å². The molecule has 0 radical (unpaired) electrons. The van der Waals surface area contributed by atoms with Crippen molar-refractivity contribution in [3.8, 4) is 11.4 Å². The smallest absolute Gasteiger partial charge is 0.248 e. The monoisotopic (exact) mass is 544 g/mol. The van der Waals surface area contributed by atoms with Crippen molar-refractivity contribution in [1.29, 1.82) is 0 Å². The summed E-state index contributed by atoms with van der Waals surface area (Å²) in [5.41, 5.74) is 2.96. The Morgan fingerprint density at radius 3 is 2.67 bits per heavy atom. The van der Waals surface area contributed by atoms with Gasteiger partial charge in [-0.2, -0.15) is 0 Å². The van der Waals surface area contributed by atoms with Crippen LogP contribution in [-0.4, -0.2) is 45.2 Å². The van der Waals surface area contributed by atoms with Crippen molar-refractivity contribution in [1.82, 2.24) is 25.5 Å². The third kappa shape index (κ3) is 6.17. The molecule has 1 saturated carbocycles. The van der Waals surface area contributed by atoms with Gasteiger partial charge in [0.15, 0.2) is 0 Å². The van der Waals surface area contributed by atoms with Gasteiger partial charge in [-0.3, -0.25) is 14.5 Å². The number of methoxy groups -OCH3 is 1. The standard InChI is InChI=1S/C29H32N6O3S/c1-20-16-23(13-14-26(20)34-19-30-32-33-34)35(27(36)18-25-12-7-15-39-25)28(21-8-6-11-24(17-21)38-2)29(37)31-22-9-4-3-5-10-22/h6-8,11-17,19,22,28H,3-5,9-10,18H2,1-2H3,(H,31,37)/t28-/m1/s1. The second kappa shape index (κ2) is 12.2. The van der Waals surface area contributed by atoms with E-state index in [1.54, 1.807) is 16.7 Å². The van der Waals surface area contributed by atoms with Crippen molar-refractivity contribution in [2.24, 2.45) is 0 Å². The number of nitrogens with zero attached hydrogens (tertiary/aromatic N) is 5. The molecule has 202 valence electrons. The summed E-state index contributed by atoms with van der Waals surface area (Å²) in [5, 5.41) is 16.7. The Kier molecular flexibility index (Phi) is 8.31. The second-order valence-corrected chi connectivity index (χ2v) is 10.8. The molecule has 2 aromatic heterocycles. The Balaban J connectivity index is 1.59. The van der Waals surface area contributed by atoms with Crippen LogP contribution in [0, 0.1) is 6.92 Å². The maximum absolute atomic E-state index is 14.1. The van der Waals surface area contributed by atoms with Crippen LogP contribution >= 0.6 is 11.3 Å². The summed E-state index contributed by atoms with van der Waals surface area (Å²) in [6.45, 7) is 1.94. The number of hydrogen-bond donors (Lipinski definition) is 1. The average Bonchev–Trinajstić information content (AvgIpc) is 3.67. The highest BCUT2D eigenvalue weighted by molar-refractivity contribution is 7.10. The van der Waals surface area contributed by atoms with Crippen LogP contribution in [0.2, 0.25) is 0 Å². The van der Waals surface area contributed by atoms with E-state index in [2.05, 4.69) is 20.8 Å². The molecule has 1 aliphatic carbocycles. The van der Waals surface area contributed by atoms with Gasteiger partial charge < -0.3 is 10.1 Å². The van der Waals surface area contributed by atoms with Gasteiger partial charge in [-0.15, -0.1) is 16.4 Å². The molecule has 4 aromatic rings. The molecule has 39 heavy (non-hydrogen) atoms. The molecule has 2 amide bonds. The number of rotatable bonds is 9. The lowest BCUT2D eigenvalue weighted by Crippen LogP contribution is -2.47. The summed E-state index contributed by atoms with van der Waals surface area (Å²) < 4.78 is 7.06. The van der Waals surface area contributed by atoms with Crippen LogP contribution in [0.3, 0.4) is 0 Å². The number of thiophene rings is 1. The van der Waals surface area contributed by atoms with E-state index in [-0.39, 0.29) is 24.3 Å². The zero-order valence-corrected chi connectivity index (χ0v) is 22.9. The highest BCUT2D eigenvalue weighted by Crippen LogP contribution is 2.33. The van der Waals surface area contributed by atoms with E-state index in [4.69, 9.17) is 4.74 Å².